The van der Waals surface area contributed by atoms with Crippen LogP contribution in [0.25, 0.3) is 0 Å². The van der Waals surface area contributed by atoms with Crippen LogP contribution < -0.4 is 20.7 Å². The molecule has 0 aliphatic carbocycles. The largest absolute Gasteiger partial charge is 0.496 e. The first kappa shape index (κ1) is 15.3. The Morgan fingerprint density at radius 1 is 1.29 bits per heavy atom. The lowest BCUT2D eigenvalue weighted by molar-refractivity contribution is 0.374. The summed E-state index contributed by atoms with van der Waals surface area (Å²) in [4.78, 5) is 0. The molecule has 2 rings (SSSR count). The number of hydrazine groups is 1. The SMILES string of the molecule is CCCn1nncc1C(NN)c1c(OC)cccc1OC. The van der Waals surface area contributed by atoms with Gasteiger partial charge in [-0.15, -0.1) is 5.10 Å². The quantitative estimate of drug-likeness (QED) is 0.590. The second kappa shape index (κ2) is 7.05. The van der Waals surface area contributed by atoms with Gasteiger partial charge >= 0.3 is 0 Å². The van der Waals surface area contributed by atoms with Crippen molar-refractivity contribution in [3.8, 4) is 11.5 Å². The summed E-state index contributed by atoms with van der Waals surface area (Å²) in [6.07, 6.45) is 2.66. The molecule has 0 aliphatic rings. The number of aromatic nitrogens is 3. The number of nitrogens with zero attached hydrogens (tertiary/aromatic N) is 3. The highest BCUT2D eigenvalue weighted by Gasteiger charge is 2.25. The number of hydrogen-bond acceptors (Lipinski definition) is 6. The van der Waals surface area contributed by atoms with Crippen LogP contribution in [0.1, 0.15) is 30.6 Å². The van der Waals surface area contributed by atoms with Crippen LogP contribution in [0.5, 0.6) is 11.5 Å². The highest BCUT2D eigenvalue weighted by Crippen LogP contribution is 2.36. The zero-order valence-corrected chi connectivity index (χ0v) is 12.5. The third-order valence-electron chi connectivity index (χ3n) is 3.30. The van der Waals surface area contributed by atoms with Crippen LogP contribution in [0.4, 0.5) is 0 Å². The maximum atomic E-state index is 5.78. The van der Waals surface area contributed by atoms with E-state index >= 15 is 0 Å². The van der Waals surface area contributed by atoms with Gasteiger partial charge in [0.2, 0.25) is 0 Å². The Morgan fingerprint density at radius 3 is 2.48 bits per heavy atom. The molecule has 1 atom stereocenters. The Morgan fingerprint density at radius 2 is 1.95 bits per heavy atom. The molecule has 1 heterocycles. The molecule has 0 spiro atoms. The van der Waals surface area contributed by atoms with E-state index in [0.29, 0.717) is 11.5 Å². The van der Waals surface area contributed by atoms with Gasteiger partial charge in [0.05, 0.1) is 37.7 Å². The minimum atomic E-state index is -0.322. The lowest BCUT2D eigenvalue weighted by Gasteiger charge is -2.22. The summed E-state index contributed by atoms with van der Waals surface area (Å²) < 4.78 is 12.7. The number of methoxy groups -OCH3 is 2. The fourth-order valence-electron chi connectivity index (χ4n) is 2.36. The number of benzene rings is 1. The first-order valence-corrected chi connectivity index (χ1v) is 6.82. The van der Waals surface area contributed by atoms with Crippen LogP contribution in [-0.4, -0.2) is 29.2 Å². The Bertz CT molecular complexity index is 562. The molecule has 1 unspecified atom stereocenters. The standard InChI is InChI=1S/C14H21N5O2/c1-4-8-19-10(9-16-18-19)14(17-15)13-11(20-2)6-5-7-12(13)21-3/h5-7,9,14,17H,4,8,15H2,1-3H3. The van der Waals surface area contributed by atoms with E-state index in [1.807, 2.05) is 22.9 Å². The van der Waals surface area contributed by atoms with Crippen molar-refractivity contribution in [1.82, 2.24) is 20.4 Å². The Kier molecular flexibility index (Phi) is 5.13. The monoisotopic (exact) mass is 291 g/mol. The average Bonchev–Trinajstić information content (AvgIpc) is 2.97. The van der Waals surface area contributed by atoms with Crippen molar-refractivity contribution in [3.05, 3.63) is 35.7 Å². The molecule has 0 radical (unpaired) electrons. The minimum absolute atomic E-state index is 0.322. The van der Waals surface area contributed by atoms with Gasteiger partial charge in [-0.2, -0.15) is 0 Å². The molecule has 1 aromatic carbocycles. The van der Waals surface area contributed by atoms with Crippen LogP contribution >= 0.6 is 0 Å². The van der Waals surface area contributed by atoms with Gasteiger partial charge in [-0.3, -0.25) is 5.84 Å². The molecule has 2 aromatic rings. The lowest BCUT2D eigenvalue weighted by atomic mass is 10.0. The molecule has 0 saturated heterocycles. The third-order valence-corrected chi connectivity index (χ3v) is 3.30. The molecule has 7 nitrogen and oxygen atoms in total. The van der Waals surface area contributed by atoms with Crippen molar-refractivity contribution in [3.63, 3.8) is 0 Å². The molecular formula is C14H21N5O2. The maximum absolute atomic E-state index is 5.78. The normalized spacial score (nSPS) is 12.2. The molecular weight excluding hydrogens is 270 g/mol. The third kappa shape index (κ3) is 2.98. The van der Waals surface area contributed by atoms with E-state index in [4.69, 9.17) is 15.3 Å². The van der Waals surface area contributed by atoms with Crippen molar-refractivity contribution >= 4 is 0 Å². The Hall–Kier alpha value is -2.12. The van der Waals surface area contributed by atoms with Crippen LogP contribution in [-0.2, 0) is 6.54 Å². The average molecular weight is 291 g/mol. The molecule has 1 aromatic heterocycles. The molecule has 21 heavy (non-hydrogen) atoms. The van der Waals surface area contributed by atoms with Crippen molar-refractivity contribution in [2.75, 3.05) is 14.2 Å². The van der Waals surface area contributed by atoms with E-state index in [1.165, 1.54) is 0 Å². The van der Waals surface area contributed by atoms with Crippen molar-refractivity contribution in [2.24, 2.45) is 5.84 Å². The second-order valence-electron chi connectivity index (χ2n) is 4.56. The van der Waals surface area contributed by atoms with Gasteiger partial charge in [-0.1, -0.05) is 18.2 Å². The molecule has 0 fully saturated rings. The molecule has 114 valence electrons. The van der Waals surface area contributed by atoms with Crippen LogP contribution in [0.15, 0.2) is 24.4 Å². The van der Waals surface area contributed by atoms with Gasteiger partial charge in [0.25, 0.3) is 0 Å². The fraction of sp³-hybridized carbons (Fsp3) is 0.429. The van der Waals surface area contributed by atoms with E-state index in [9.17, 15) is 0 Å². The Labute approximate surface area is 124 Å². The van der Waals surface area contributed by atoms with E-state index in [1.54, 1.807) is 20.4 Å². The first-order valence-electron chi connectivity index (χ1n) is 6.82. The molecule has 0 amide bonds. The first-order chi connectivity index (χ1) is 10.3. The van der Waals surface area contributed by atoms with Crippen molar-refractivity contribution < 1.29 is 9.47 Å². The summed E-state index contributed by atoms with van der Waals surface area (Å²) in [7, 11) is 3.24. The summed E-state index contributed by atoms with van der Waals surface area (Å²) in [5.74, 6) is 7.17. The van der Waals surface area contributed by atoms with Gasteiger partial charge in [-0.05, 0) is 18.6 Å². The smallest absolute Gasteiger partial charge is 0.127 e. The predicted octanol–water partition coefficient (Wildman–Crippen LogP) is 1.26. The lowest BCUT2D eigenvalue weighted by Crippen LogP contribution is -2.31. The number of nitrogens with two attached hydrogens (primary N) is 1. The van der Waals surface area contributed by atoms with E-state index in [2.05, 4.69) is 22.7 Å². The van der Waals surface area contributed by atoms with Gasteiger partial charge in [0.15, 0.2) is 0 Å². The van der Waals surface area contributed by atoms with Crippen LogP contribution in [0.2, 0.25) is 0 Å². The summed E-state index contributed by atoms with van der Waals surface area (Å²) in [6.45, 7) is 2.85. The molecule has 0 bridgehead atoms. The number of nitrogens with one attached hydrogen (secondary N) is 1. The van der Waals surface area contributed by atoms with E-state index in [0.717, 1.165) is 24.2 Å². The van der Waals surface area contributed by atoms with E-state index in [-0.39, 0.29) is 6.04 Å². The fourth-order valence-corrected chi connectivity index (χ4v) is 2.36. The second-order valence-corrected chi connectivity index (χ2v) is 4.56. The number of aryl methyl sites for hydroxylation is 1. The maximum Gasteiger partial charge on any atom is 0.127 e. The van der Waals surface area contributed by atoms with Crippen LogP contribution in [0, 0.1) is 0 Å². The number of hydrogen-bond donors (Lipinski definition) is 2. The molecule has 3 N–H and O–H groups in total. The predicted molar refractivity (Wildman–Crippen MR) is 79.0 cm³/mol. The van der Waals surface area contributed by atoms with Crippen molar-refractivity contribution in [2.45, 2.75) is 25.9 Å². The highest BCUT2D eigenvalue weighted by molar-refractivity contribution is 5.49. The van der Waals surface area contributed by atoms with Gasteiger partial charge in [-0.25, -0.2) is 10.1 Å². The molecule has 0 aliphatic heterocycles. The summed E-state index contributed by atoms with van der Waals surface area (Å²) >= 11 is 0. The number of ether oxygens (including phenoxy) is 2. The van der Waals surface area contributed by atoms with Crippen molar-refractivity contribution in [1.29, 1.82) is 0 Å². The summed E-state index contributed by atoms with van der Waals surface area (Å²) in [5, 5.41) is 8.08. The van der Waals surface area contributed by atoms with E-state index < -0.39 is 0 Å². The zero-order chi connectivity index (χ0) is 15.2. The number of rotatable bonds is 7. The minimum Gasteiger partial charge on any atom is -0.496 e. The summed E-state index contributed by atoms with van der Waals surface area (Å²) in [5.41, 5.74) is 4.50. The zero-order valence-electron chi connectivity index (χ0n) is 12.5. The summed E-state index contributed by atoms with van der Waals surface area (Å²) in [6, 6.07) is 5.29. The molecule has 7 heteroatoms. The van der Waals surface area contributed by atoms with Gasteiger partial charge in [0.1, 0.15) is 11.5 Å². The molecule has 0 saturated carbocycles. The Balaban J connectivity index is 2.53. The van der Waals surface area contributed by atoms with Gasteiger partial charge in [0, 0.05) is 6.54 Å². The van der Waals surface area contributed by atoms with Crippen LogP contribution in [0.3, 0.4) is 0 Å². The van der Waals surface area contributed by atoms with Gasteiger partial charge < -0.3 is 9.47 Å². The highest BCUT2D eigenvalue weighted by atomic mass is 16.5. The topological polar surface area (TPSA) is 87.2 Å².